The topological polar surface area (TPSA) is 149 Å². The zero-order chi connectivity index (χ0) is 25.4. The first kappa shape index (κ1) is 24.6. The minimum absolute atomic E-state index is 0.0994. The zero-order valence-corrected chi connectivity index (χ0v) is 18.7. The van der Waals surface area contributed by atoms with Crippen molar-refractivity contribution >= 4 is 35.4 Å². The fraction of sp³-hybridized carbons (Fsp3) is 0.0833. The molecule has 0 aliphatic rings. The molecule has 2 N–H and O–H groups in total. The molecule has 0 spiro atoms. The Kier molecular flexibility index (Phi) is 7.86. The van der Waals surface area contributed by atoms with E-state index in [-0.39, 0.29) is 28.3 Å². The Bertz CT molecular complexity index is 1290. The molecule has 11 heteroatoms. The number of nitrogens with one attached hydrogen (secondary N) is 2. The number of anilines is 1. The number of hydrogen-bond donors (Lipinski definition) is 2. The number of hydrazone groups is 1. The lowest BCUT2D eigenvalue weighted by Crippen LogP contribution is -2.18. The Morgan fingerprint density at radius 3 is 2.23 bits per heavy atom. The van der Waals surface area contributed by atoms with Crippen molar-refractivity contribution in [3.8, 4) is 11.5 Å². The summed E-state index contributed by atoms with van der Waals surface area (Å²) in [5.74, 6) is -1.42. The number of amides is 2. The maximum absolute atomic E-state index is 12.6. The summed E-state index contributed by atoms with van der Waals surface area (Å²) >= 11 is 0. The van der Waals surface area contributed by atoms with Crippen LogP contribution >= 0.6 is 0 Å². The summed E-state index contributed by atoms with van der Waals surface area (Å²) in [7, 11) is 1.48. The number of esters is 1. The second-order valence-corrected chi connectivity index (χ2v) is 7.03. The van der Waals surface area contributed by atoms with Gasteiger partial charge in [0.05, 0.1) is 23.8 Å². The van der Waals surface area contributed by atoms with Crippen molar-refractivity contribution in [3.05, 3.63) is 93.5 Å². The van der Waals surface area contributed by atoms with Crippen LogP contribution in [-0.2, 0) is 4.79 Å². The summed E-state index contributed by atoms with van der Waals surface area (Å²) in [6.07, 6.45) is 1.13. The van der Waals surface area contributed by atoms with E-state index in [4.69, 9.17) is 9.47 Å². The number of nitro groups is 1. The predicted octanol–water partition coefficient (Wildman–Crippen LogP) is 3.54. The number of ether oxygens (including phenoxy) is 2. The number of carbonyl (C=O) groups excluding carboxylic acids is 3. The Labute approximate surface area is 199 Å². The smallest absolute Gasteiger partial charge is 0.343 e. The van der Waals surface area contributed by atoms with Crippen molar-refractivity contribution in [2.75, 3.05) is 12.4 Å². The number of methoxy groups -OCH3 is 1. The van der Waals surface area contributed by atoms with Gasteiger partial charge in [0, 0.05) is 29.8 Å². The lowest BCUT2D eigenvalue weighted by Gasteiger charge is -2.08. The maximum atomic E-state index is 12.6. The van der Waals surface area contributed by atoms with Crippen LogP contribution in [0.3, 0.4) is 0 Å². The summed E-state index contributed by atoms with van der Waals surface area (Å²) in [4.78, 5) is 46.8. The second kappa shape index (κ2) is 11.2. The molecular weight excluding hydrogens is 456 g/mol. The predicted molar refractivity (Wildman–Crippen MR) is 127 cm³/mol. The minimum Gasteiger partial charge on any atom is -0.497 e. The highest BCUT2D eigenvalue weighted by Gasteiger charge is 2.22. The standard InChI is InChI=1S/C24H20N4O7/c1-15(29)26-19-10-6-16(7-11-19)23(30)27-25-14-18-4-3-5-21(28(32)33)22(18)35-24(31)17-8-12-20(34-2)13-9-17/h3-14H,1-2H3,(H,26,29)(H,27,30)/b25-14+. The molecule has 0 bridgehead atoms. The van der Waals surface area contributed by atoms with Crippen LogP contribution in [0.2, 0.25) is 0 Å². The molecule has 0 atom stereocenters. The molecule has 3 aromatic carbocycles. The Morgan fingerprint density at radius 1 is 0.971 bits per heavy atom. The lowest BCUT2D eigenvalue weighted by atomic mass is 10.1. The largest absolute Gasteiger partial charge is 0.497 e. The normalized spacial score (nSPS) is 10.5. The summed E-state index contributed by atoms with van der Waals surface area (Å²) in [5.41, 5.74) is 2.90. The van der Waals surface area contributed by atoms with Gasteiger partial charge in [-0.05, 0) is 54.6 Å². The van der Waals surface area contributed by atoms with Gasteiger partial charge in [0.25, 0.3) is 5.91 Å². The van der Waals surface area contributed by atoms with E-state index in [9.17, 15) is 24.5 Å². The Balaban J connectivity index is 1.78. The molecule has 0 aliphatic heterocycles. The molecule has 0 radical (unpaired) electrons. The molecular formula is C24H20N4O7. The average molecular weight is 476 g/mol. The van der Waals surface area contributed by atoms with E-state index in [0.29, 0.717) is 11.4 Å². The Morgan fingerprint density at radius 2 is 1.63 bits per heavy atom. The molecule has 0 aromatic heterocycles. The van der Waals surface area contributed by atoms with Gasteiger partial charge in [0.15, 0.2) is 0 Å². The molecule has 3 aromatic rings. The van der Waals surface area contributed by atoms with Crippen LogP contribution in [-0.4, -0.2) is 36.0 Å². The monoisotopic (exact) mass is 476 g/mol. The van der Waals surface area contributed by atoms with Crippen molar-refractivity contribution < 1.29 is 28.8 Å². The summed E-state index contributed by atoms with van der Waals surface area (Å²) in [5, 5.41) is 17.9. The lowest BCUT2D eigenvalue weighted by molar-refractivity contribution is -0.385. The summed E-state index contributed by atoms with van der Waals surface area (Å²) in [6.45, 7) is 1.37. The van der Waals surface area contributed by atoms with Gasteiger partial charge in [-0.25, -0.2) is 10.2 Å². The van der Waals surface area contributed by atoms with Gasteiger partial charge in [-0.3, -0.25) is 19.7 Å². The number of nitro benzene ring substituents is 1. The maximum Gasteiger partial charge on any atom is 0.343 e. The first-order valence-electron chi connectivity index (χ1n) is 10.1. The highest BCUT2D eigenvalue weighted by molar-refractivity contribution is 5.97. The second-order valence-electron chi connectivity index (χ2n) is 7.03. The third kappa shape index (κ3) is 6.48. The van der Waals surface area contributed by atoms with Crippen molar-refractivity contribution in [1.82, 2.24) is 5.43 Å². The van der Waals surface area contributed by atoms with Crippen LogP contribution in [0.1, 0.15) is 33.2 Å². The zero-order valence-electron chi connectivity index (χ0n) is 18.7. The summed E-state index contributed by atoms with van der Waals surface area (Å²) < 4.78 is 10.4. The SMILES string of the molecule is COc1ccc(C(=O)Oc2c(/C=N/NC(=O)c3ccc(NC(C)=O)cc3)cccc2[N+](=O)[O-])cc1. The van der Waals surface area contributed by atoms with Gasteiger partial charge >= 0.3 is 11.7 Å². The van der Waals surface area contributed by atoms with Crippen LogP contribution in [0.5, 0.6) is 11.5 Å². The number of carbonyl (C=O) groups is 3. The van der Waals surface area contributed by atoms with E-state index in [1.165, 1.54) is 56.5 Å². The number of benzene rings is 3. The molecule has 2 amide bonds. The molecule has 178 valence electrons. The van der Waals surface area contributed by atoms with E-state index >= 15 is 0 Å². The van der Waals surface area contributed by atoms with Crippen molar-refractivity contribution in [2.45, 2.75) is 6.92 Å². The van der Waals surface area contributed by atoms with Crippen LogP contribution in [0.15, 0.2) is 71.8 Å². The van der Waals surface area contributed by atoms with Crippen LogP contribution in [0.4, 0.5) is 11.4 Å². The van der Waals surface area contributed by atoms with Gasteiger partial charge in [-0.15, -0.1) is 0 Å². The molecule has 0 unspecified atom stereocenters. The molecule has 0 saturated carbocycles. The fourth-order valence-electron chi connectivity index (χ4n) is 2.91. The molecule has 35 heavy (non-hydrogen) atoms. The van der Waals surface area contributed by atoms with Crippen LogP contribution < -0.4 is 20.2 Å². The van der Waals surface area contributed by atoms with E-state index < -0.39 is 22.5 Å². The van der Waals surface area contributed by atoms with Crippen LogP contribution in [0.25, 0.3) is 0 Å². The third-order valence-corrected chi connectivity index (χ3v) is 4.58. The third-order valence-electron chi connectivity index (χ3n) is 4.58. The van der Waals surface area contributed by atoms with Crippen molar-refractivity contribution in [2.24, 2.45) is 5.10 Å². The van der Waals surface area contributed by atoms with Gasteiger partial charge in [-0.2, -0.15) is 5.10 Å². The van der Waals surface area contributed by atoms with Gasteiger partial charge in [0.2, 0.25) is 11.7 Å². The first-order chi connectivity index (χ1) is 16.8. The average Bonchev–Trinajstić information content (AvgIpc) is 2.84. The van der Waals surface area contributed by atoms with E-state index in [2.05, 4.69) is 15.8 Å². The number of nitrogens with zero attached hydrogens (tertiary/aromatic N) is 2. The van der Waals surface area contributed by atoms with Gasteiger partial charge in [0.1, 0.15) is 5.75 Å². The molecule has 0 saturated heterocycles. The first-order valence-corrected chi connectivity index (χ1v) is 10.1. The Hall–Kier alpha value is -5.06. The molecule has 0 heterocycles. The fourth-order valence-corrected chi connectivity index (χ4v) is 2.91. The quantitative estimate of drug-likeness (QED) is 0.166. The van der Waals surface area contributed by atoms with Gasteiger partial charge in [-0.1, -0.05) is 6.07 Å². The molecule has 11 nitrogen and oxygen atoms in total. The van der Waals surface area contributed by atoms with E-state index in [1.807, 2.05) is 0 Å². The number of para-hydroxylation sites is 1. The van der Waals surface area contributed by atoms with Crippen LogP contribution in [0, 0.1) is 10.1 Å². The molecule has 3 rings (SSSR count). The summed E-state index contributed by atoms with van der Waals surface area (Å²) in [6, 6.07) is 16.1. The van der Waals surface area contributed by atoms with E-state index in [0.717, 1.165) is 6.21 Å². The molecule has 0 fully saturated rings. The highest BCUT2D eigenvalue weighted by Crippen LogP contribution is 2.31. The van der Waals surface area contributed by atoms with Gasteiger partial charge < -0.3 is 14.8 Å². The van der Waals surface area contributed by atoms with E-state index in [1.54, 1.807) is 24.3 Å². The number of rotatable bonds is 8. The molecule has 0 aliphatic carbocycles. The minimum atomic E-state index is -0.820. The number of hydrogen-bond acceptors (Lipinski definition) is 8. The van der Waals surface area contributed by atoms with Crippen molar-refractivity contribution in [1.29, 1.82) is 0 Å². The van der Waals surface area contributed by atoms with Crippen molar-refractivity contribution in [3.63, 3.8) is 0 Å². The highest BCUT2D eigenvalue weighted by atomic mass is 16.6.